The van der Waals surface area contributed by atoms with Crippen molar-refractivity contribution in [1.29, 1.82) is 0 Å². The van der Waals surface area contributed by atoms with Crippen LogP contribution in [0.15, 0.2) is 67.3 Å². The van der Waals surface area contributed by atoms with Gasteiger partial charge < -0.3 is 10.2 Å². The number of hydrogen-bond acceptors (Lipinski definition) is 4. The first kappa shape index (κ1) is 19.8. The molecule has 0 aliphatic rings. The minimum atomic E-state index is -0.120. The predicted octanol–water partition coefficient (Wildman–Crippen LogP) is 3.78. The van der Waals surface area contributed by atoms with Crippen LogP contribution in [0.3, 0.4) is 0 Å². The first-order valence-electron chi connectivity index (χ1n) is 9.19. The molecule has 0 unspecified atom stereocenters. The standard InChI is InChI=1S/C22H23ClN4O/c1-27(13-9-18-6-10-24-11-7-18)21-14-19(15-25-16-21)22(28)26-12-8-17-2-4-20(23)5-3-17/h2-7,10-11,14-16H,8-9,12-13H2,1H3,(H,26,28). The number of pyridine rings is 2. The van der Waals surface area contributed by atoms with Crippen molar-refractivity contribution in [3.8, 4) is 0 Å². The monoisotopic (exact) mass is 394 g/mol. The van der Waals surface area contributed by atoms with Crippen LogP contribution >= 0.6 is 11.6 Å². The lowest BCUT2D eigenvalue weighted by Gasteiger charge is -2.19. The molecule has 0 saturated heterocycles. The smallest absolute Gasteiger partial charge is 0.252 e. The Labute approximate surface area is 170 Å². The Bertz CT molecular complexity index is 900. The number of aromatic nitrogens is 2. The number of nitrogens with one attached hydrogen (secondary N) is 1. The second-order valence-electron chi connectivity index (χ2n) is 6.59. The molecular weight excluding hydrogens is 372 g/mol. The van der Waals surface area contributed by atoms with Crippen LogP contribution in [-0.4, -0.2) is 36.0 Å². The first-order valence-corrected chi connectivity index (χ1v) is 9.57. The number of anilines is 1. The number of halogens is 1. The Kier molecular flexibility index (Phi) is 6.98. The van der Waals surface area contributed by atoms with Crippen LogP contribution in [0, 0.1) is 0 Å². The number of nitrogens with zero attached hydrogens (tertiary/aromatic N) is 3. The molecule has 0 spiro atoms. The molecule has 5 nitrogen and oxygen atoms in total. The van der Waals surface area contributed by atoms with Crippen molar-refractivity contribution in [3.05, 3.63) is 89.0 Å². The zero-order chi connectivity index (χ0) is 19.8. The molecule has 0 fully saturated rings. The van der Waals surface area contributed by atoms with Crippen LogP contribution in [0.2, 0.25) is 5.02 Å². The molecule has 0 saturated carbocycles. The van der Waals surface area contributed by atoms with E-state index >= 15 is 0 Å². The van der Waals surface area contributed by atoms with Gasteiger partial charge in [0.1, 0.15) is 0 Å². The fourth-order valence-corrected chi connectivity index (χ4v) is 2.94. The summed E-state index contributed by atoms with van der Waals surface area (Å²) in [5.41, 5.74) is 3.84. The minimum absolute atomic E-state index is 0.120. The van der Waals surface area contributed by atoms with Gasteiger partial charge in [-0.1, -0.05) is 23.7 Å². The van der Waals surface area contributed by atoms with Gasteiger partial charge in [-0.05, 0) is 54.3 Å². The third-order valence-corrected chi connectivity index (χ3v) is 4.78. The first-order chi connectivity index (χ1) is 13.6. The number of likely N-dealkylation sites (N-methyl/N-ethyl adjacent to an activating group) is 1. The molecule has 3 rings (SSSR count). The Morgan fingerprint density at radius 2 is 1.71 bits per heavy atom. The number of carbonyl (C=O) groups is 1. The molecular formula is C22H23ClN4O. The van der Waals surface area contributed by atoms with Crippen molar-refractivity contribution in [3.63, 3.8) is 0 Å². The van der Waals surface area contributed by atoms with Gasteiger partial charge in [-0.15, -0.1) is 0 Å². The fraction of sp³-hybridized carbons (Fsp3) is 0.227. The van der Waals surface area contributed by atoms with Gasteiger partial charge in [0.05, 0.1) is 17.4 Å². The Morgan fingerprint density at radius 1 is 1.00 bits per heavy atom. The molecule has 1 amide bonds. The van der Waals surface area contributed by atoms with E-state index in [1.165, 1.54) is 5.56 Å². The van der Waals surface area contributed by atoms with Crippen LogP contribution in [0.1, 0.15) is 21.5 Å². The van der Waals surface area contributed by atoms with E-state index in [1.807, 2.05) is 49.5 Å². The van der Waals surface area contributed by atoms with Crippen molar-refractivity contribution in [2.45, 2.75) is 12.8 Å². The lowest BCUT2D eigenvalue weighted by atomic mass is 10.1. The molecule has 2 heterocycles. The molecule has 28 heavy (non-hydrogen) atoms. The average molecular weight is 395 g/mol. The maximum Gasteiger partial charge on any atom is 0.252 e. The second kappa shape index (κ2) is 9.85. The third kappa shape index (κ3) is 5.79. The molecule has 1 aromatic carbocycles. The molecule has 3 aromatic rings. The summed E-state index contributed by atoms with van der Waals surface area (Å²) in [6.45, 7) is 1.38. The quantitative estimate of drug-likeness (QED) is 0.631. The maximum absolute atomic E-state index is 12.4. The molecule has 144 valence electrons. The third-order valence-electron chi connectivity index (χ3n) is 4.52. The Morgan fingerprint density at radius 3 is 2.46 bits per heavy atom. The predicted molar refractivity (Wildman–Crippen MR) is 113 cm³/mol. The normalized spacial score (nSPS) is 10.5. The molecule has 1 N–H and O–H groups in total. The van der Waals surface area contributed by atoms with Gasteiger partial charge in [-0.2, -0.15) is 0 Å². The Balaban J connectivity index is 1.52. The molecule has 0 atom stereocenters. The van der Waals surface area contributed by atoms with Gasteiger partial charge in [0.2, 0.25) is 0 Å². The van der Waals surface area contributed by atoms with Gasteiger partial charge in [0, 0.05) is 43.8 Å². The number of hydrogen-bond donors (Lipinski definition) is 1. The molecule has 0 radical (unpaired) electrons. The van der Waals surface area contributed by atoms with Crippen molar-refractivity contribution >= 4 is 23.2 Å². The second-order valence-corrected chi connectivity index (χ2v) is 7.03. The van der Waals surface area contributed by atoms with E-state index in [1.54, 1.807) is 24.8 Å². The van der Waals surface area contributed by atoms with Crippen LogP contribution in [0.4, 0.5) is 5.69 Å². The highest BCUT2D eigenvalue weighted by atomic mass is 35.5. The highest BCUT2D eigenvalue weighted by Crippen LogP contribution is 2.14. The number of carbonyl (C=O) groups excluding carboxylic acids is 1. The van der Waals surface area contributed by atoms with E-state index in [9.17, 15) is 4.79 Å². The van der Waals surface area contributed by atoms with E-state index in [4.69, 9.17) is 11.6 Å². The van der Waals surface area contributed by atoms with Crippen LogP contribution in [0.5, 0.6) is 0 Å². The van der Waals surface area contributed by atoms with E-state index < -0.39 is 0 Å². The van der Waals surface area contributed by atoms with Gasteiger partial charge >= 0.3 is 0 Å². The zero-order valence-electron chi connectivity index (χ0n) is 15.8. The summed E-state index contributed by atoms with van der Waals surface area (Å²) in [6.07, 6.45) is 8.62. The average Bonchev–Trinajstić information content (AvgIpc) is 2.74. The van der Waals surface area contributed by atoms with Crippen molar-refractivity contribution in [1.82, 2.24) is 15.3 Å². The summed E-state index contributed by atoms with van der Waals surface area (Å²) < 4.78 is 0. The molecule has 0 aliphatic heterocycles. The zero-order valence-corrected chi connectivity index (χ0v) is 16.6. The largest absolute Gasteiger partial charge is 0.373 e. The summed E-state index contributed by atoms with van der Waals surface area (Å²) in [5, 5.41) is 3.66. The lowest BCUT2D eigenvalue weighted by Crippen LogP contribution is -2.26. The van der Waals surface area contributed by atoms with Gasteiger partial charge in [0.15, 0.2) is 0 Å². The highest BCUT2D eigenvalue weighted by molar-refractivity contribution is 6.30. The van der Waals surface area contributed by atoms with Crippen LogP contribution in [0.25, 0.3) is 0 Å². The number of amides is 1. The molecule has 0 aliphatic carbocycles. The van der Waals surface area contributed by atoms with E-state index in [0.29, 0.717) is 17.1 Å². The van der Waals surface area contributed by atoms with Gasteiger partial charge in [-0.3, -0.25) is 14.8 Å². The molecule has 2 aromatic heterocycles. The summed E-state index contributed by atoms with van der Waals surface area (Å²) in [6, 6.07) is 13.5. The Hall–Kier alpha value is -2.92. The topological polar surface area (TPSA) is 58.1 Å². The van der Waals surface area contributed by atoms with Crippen LogP contribution in [-0.2, 0) is 12.8 Å². The summed E-state index contributed by atoms with van der Waals surface area (Å²) in [4.78, 5) is 22.8. The van der Waals surface area contributed by atoms with Crippen LogP contribution < -0.4 is 10.2 Å². The highest BCUT2D eigenvalue weighted by Gasteiger charge is 2.09. The van der Waals surface area contributed by atoms with E-state index in [0.717, 1.165) is 30.6 Å². The number of rotatable bonds is 8. The number of benzene rings is 1. The van der Waals surface area contributed by atoms with Crippen molar-refractivity contribution < 1.29 is 4.79 Å². The van der Waals surface area contributed by atoms with E-state index in [2.05, 4.69) is 20.2 Å². The lowest BCUT2D eigenvalue weighted by molar-refractivity contribution is 0.0954. The summed E-state index contributed by atoms with van der Waals surface area (Å²) in [5.74, 6) is -0.120. The summed E-state index contributed by atoms with van der Waals surface area (Å²) in [7, 11) is 2.00. The minimum Gasteiger partial charge on any atom is -0.373 e. The summed E-state index contributed by atoms with van der Waals surface area (Å²) >= 11 is 5.89. The molecule has 6 heteroatoms. The molecule has 0 bridgehead atoms. The SMILES string of the molecule is CN(CCc1ccncc1)c1cncc(C(=O)NCCc2ccc(Cl)cc2)c1. The van der Waals surface area contributed by atoms with Gasteiger partial charge in [-0.25, -0.2) is 0 Å². The van der Waals surface area contributed by atoms with Crippen molar-refractivity contribution in [2.24, 2.45) is 0 Å². The maximum atomic E-state index is 12.4. The van der Waals surface area contributed by atoms with E-state index in [-0.39, 0.29) is 5.91 Å². The van der Waals surface area contributed by atoms with Crippen molar-refractivity contribution in [2.75, 3.05) is 25.0 Å². The fourth-order valence-electron chi connectivity index (χ4n) is 2.81. The van der Waals surface area contributed by atoms with Gasteiger partial charge in [0.25, 0.3) is 5.91 Å².